The molecule has 2 heterocycles. The van der Waals surface area contributed by atoms with Gasteiger partial charge >= 0.3 is 5.97 Å². The highest BCUT2D eigenvalue weighted by molar-refractivity contribution is 6.29. The van der Waals surface area contributed by atoms with Gasteiger partial charge in [0.1, 0.15) is 16.6 Å². The summed E-state index contributed by atoms with van der Waals surface area (Å²) in [5, 5.41) is 0.461. The molecule has 0 saturated heterocycles. The first-order chi connectivity index (χ1) is 8.13. The van der Waals surface area contributed by atoms with Crippen LogP contribution >= 0.6 is 11.6 Å². The van der Waals surface area contributed by atoms with E-state index in [1.807, 2.05) is 0 Å². The number of fused-ring (bicyclic) bond motifs is 1. The summed E-state index contributed by atoms with van der Waals surface area (Å²) in [6.07, 6.45) is 0.0533. The van der Waals surface area contributed by atoms with Crippen molar-refractivity contribution in [2.75, 3.05) is 12.3 Å². The Kier molecular flexibility index (Phi) is 3.19. The Hall–Kier alpha value is -1.75. The molecule has 5 nitrogen and oxygen atoms in total. The highest BCUT2D eigenvalue weighted by Crippen LogP contribution is 2.21. The van der Waals surface area contributed by atoms with Gasteiger partial charge in [-0.05, 0) is 19.1 Å². The molecule has 2 aromatic rings. The average Bonchev–Trinajstić information content (AvgIpc) is 2.57. The fourth-order valence-corrected chi connectivity index (χ4v) is 1.85. The Morgan fingerprint density at radius 2 is 2.35 bits per heavy atom. The summed E-state index contributed by atoms with van der Waals surface area (Å²) in [6.45, 7) is 2.09. The third-order valence-electron chi connectivity index (χ3n) is 2.32. The molecule has 90 valence electrons. The minimum absolute atomic E-state index is 0.0533. The van der Waals surface area contributed by atoms with E-state index in [2.05, 4.69) is 4.98 Å². The molecule has 2 aromatic heterocycles. The van der Waals surface area contributed by atoms with Crippen molar-refractivity contribution in [3.8, 4) is 0 Å². The minimum Gasteiger partial charge on any atom is -0.466 e. The first-order valence-corrected chi connectivity index (χ1v) is 5.58. The van der Waals surface area contributed by atoms with Gasteiger partial charge < -0.3 is 10.5 Å². The molecular formula is C11H12ClN3O2. The zero-order valence-electron chi connectivity index (χ0n) is 9.31. The number of nitrogens with two attached hydrogens (primary N) is 1. The van der Waals surface area contributed by atoms with Crippen molar-refractivity contribution in [3.05, 3.63) is 29.0 Å². The molecule has 0 radical (unpaired) electrons. The highest BCUT2D eigenvalue weighted by Gasteiger charge is 2.14. The number of hydrogen-bond acceptors (Lipinski definition) is 4. The maximum atomic E-state index is 11.4. The maximum absolute atomic E-state index is 11.4. The second-order valence-electron chi connectivity index (χ2n) is 3.47. The third kappa shape index (κ3) is 2.19. The van der Waals surface area contributed by atoms with E-state index in [0.717, 1.165) is 0 Å². The molecular weight excluding hydrogens is 242 g/mol. The molecule has 0 bridgehead atoms. The molecule has 0 unspecified atom stereocenters. The smallest absolute Gasteiger partial charge is 0.312 e. The molecule has 0 aromatic carbocycles. The van der Waals surface area contributed by atoms with Crippen LogP contribution < -0.4 is 5.73 Å². The number of ether oxygens (including phenoxy) is 1. The van der Waals surface area contributed by atoms with E-state index in [1.54, 1.807) is 29.5 Å². The maximum Gasteiger partial charge on any atom is 0.312 e. The van der Waals surface area contributed by atoms with Gasteiger partial charge in [0, 0.05) is 0 Å². The summed E-state index contributed by atoms with van der Waals surface area (Å²) in [6, 6.07) is 5.26. The van der Waals surface area contributed by atoms with Crippen LogP contribution in [0.5, 0.6) is 0 Å². The van der Waals surface area contributed by atoms with Crippen LogP contribution in [0.15, 0.2) is 18.2 Å². The predicted molar refractivity (Wildman–Crippen MR) is 65.0 cm³/mol. The van der Waals surface area contributed by atoms with Crippen molar-refractivity contribution >= 4 is 29.0 Å². The topological polar surface area (TPSA) is 69.6 Å². The van der Waals surface area contributed by atoms with Crippen LogP contribution in [0.3, 0.4) is 0 Å². The van der Waals surface area contributed by atoms with Gasteiger partial charge in [-0.3, -0.25) is 9.20 Å². The zero-order valence-corrected chi connectivity index (χ0v) is 10.1. The number of carbonyl (C=O) groups is 1. The highest BCUT2D eigenvalue weighted by atomic mass is 35.5. The molecule has 6 heteroatoms. The van der Waals surface area contributed by atoms with Gasteiger partial charge in [0.2, 0.25) is 0 Å². The monoisotopic (exact) mass is 253 g/mol. The summed E-state index contributed by atoms with van der Waals surface area (Å²) in [5.74, 6) is 0.0254. The van der Waals surface area contributed by atoms with Crippen LogP contribution in [0.25, 0.3) is 5.65 Å². The van der Waals surface area contributed by atoms with Crippen LogP contribution in [-0.4, -0.2) is 22.0 Å². The number of nitrogens with zero attached hydrogens (tertiary/aromatic N) is 2. The molecule has 0 fully saturated rings. The van der Waals surface area contributed by atoms with Gasteiger partial charge in [-0.25, -0.2) is 4.98 Å². The lowest BCUT2D eigenvalue weighted by Gasteiger charge is -2.01. The molecule has 0 saturated carbocycles. The number of imidazole rings is 1. The van der Waals surface area contributed by atoms with Crippen LogP contribution in [0.1, 0.15) is 12.6 Å². The second-order valence-corrected chi connectivity index (χ2v) is 3.85. The largest absolute Gasteiger partial charge is 0.466 e. The number of aromatic nitrogens is 2. The van der Waals surface area contributed by atoms with E-state index in [1.165, 1.54) is 0 Å². The number of nitrogen functional groups attached to an aromatic ring is 1. The van der Waals surface area contributed by atoms with E-state index < -0.39 is 0 Å². The fourth-order valence-electron chi connectivity index (χ4n) is 1.60. The Morgan fingerprint density at radius 1 is 1.59 bits per heavy atom. The lowest BCUT2D eigenvalue weighted by atomic mass is 10.3. The Morgan fingerprint density at radius 3 is 3.00 bits per heavy atom. The second kappa shape index (κ2) is 4.63. The van der Waals surface area contributed by atoms with Crippen LogP contribution in [0.4, 0.5) is 5.82 Å². The van der Waals surface area contributed by atoms with Crippen molar-refractivity contribution in [2.24, 2.45) is 0 Å². The third-order valence-corrected chi connectivity index (χ3v) is 2.62. The molecule has 0 aliphatic heterocycles. The van der Waals surface area contributed by atoms with Gasteiger partial charge in [-0.2, -0.15) is 0 Å². The zero-order chi connectivity index (χ0) is 12.4. The Labute approximate surface area is 103 Å². The van der Waals surface area contributed by atoms with Crippen molar-refractivity contribution < 1.29 is 9.53 Å². The molecule has 0 aliphatic rings. The summed E-state index contributed by atoms with van der Waals surface area (Å²) in [7, 11) is 0. The molecule has 2 rings (SSSR count). The number of pyridine rings is 1. The summed E-state index contributed by atoms with van der Waals surface area (Å²) >= 11 is 6.00. The van der Waals surface area contributed by atoms with Crippen LogP contribution in [0.2, 0.25) is 5.15 Å². The quantitative estimate of drug-likeness (QED) is 0.667. The van der Waals surface area contributed by atoms with E-state index in [0.29, 0.717) is 28.9 Å². The standard InChI is InChI=1S/C11H12ClN3O2/c1-2-17-10(16)6-7-11(13)15-8(12)4-3-5-9(15)14-7/h3-5H,2,6,13H2,1H3. The molecule has 0 aliphatic carbocycles. The molecule has 17 heavy (non-hydrogen) atoms. The lowest BCUT2D eigenvalue weighted by Crippen LogP contribution is -2.09. The summed E-state index contributed by atoms with van der Waals surface area (Å²) < 4.78 is 6.44. The van der Waals surface area contributed by atoms with Crippen molar-refractivity contribution in [1.82, 2.24) is 9.38 Å². The van der Waals surface area contributed by atoms with Gasteiger partial charge in [-0.15, -0.1) is 0 Å². The number of anilines is 1. The van der Waals surface area contributed by atoms with Gasteiger partial charge in [0.25, 0.3) is 0 Å². The average molecular weight is 254 g/mol. The van der Waals surface area contributed by atoms with Gasteiger partial charge in [-0.1, -0.05) is 17.7 Å². The number of esters is 1. The molecule has 0 amide bonds. The number of hydrogen-bond donors (Lipinski definition) is 1. The van der Waals surface area contributed by atoms with Crippen molar-refractivity contribution in [2.45, 2.75) is 13.3 Å². The van der Waals surface area contributed by atoms with E-state index in [9.17, 15) is 4.79 Å². The van der Waals surface area contributed by atoms with E-state index in [4.69, 9.17) is 22.1 Å². The van der Waals surface area contributed by atoms with E-state index in [-0.39, 0.29) is 12.4 Å². The predicted octanol–water partition coefficient (Wildman–Crippen LogP) is 1.68. The number of halogens is 1. The SMILES string of the molecule is CCOC(=O)Cc1nc2cccc(Cl)n2c1N. The minimum atomic E-state index is -0.348. The number of carbonyl (C=O) groups excluding carboxylic acids is 1. The molecule has 0 spiro atoms. The summed E-state index contributed by atoms with van der Waals surface area (Å²) in [4.78, 5) is 15.6. The van der Waals surface area contributed by atoms with Crippen molar-refractivity contribution in [1.29, 1.82) is 0 Å². The fraction of sp³-hybridized carbons (Fsp3) is 0.273. The van der Waals surface area contributed by atoms with Gasteiger partial charge in [0.05, 0.1) is 18.7 Å². The summed E-state index contributed by atoms with van der Waals surface area (Å²) in [5.41, 5.74) is 7.00. The first-order valence-electron chi connectivity index (χ1n) is 5.20. The van der Waals surface area contributed by atoms with Crippen molar-refractivity contribution in [3.63, 3.8) is 0 Å². The van der Waals surface area contributed by atoms with Gasteiger partial charge in [0.15, 0.2) is 0 Å². The normalized spacial score (nSPS) is 10.7. The molecule has 2 N–H and O–H groups in total. The van der Waals surface area contributed by atoms with E-state index >= 15 is 0 Å². The first kappa shape index (κ1) is 11.7. The Balaban J connectivity index is 2.39. The molecule has 0 atom stereocenters. The lowest BCUT2D eigenvalue weighted by molar-refractivity contribution is -0.142. The van der Waals surface area contributed by atoms with Crippen LogP contribution in [-0.2, 0) is 16.0 Å². The Bertz CT molecular complexity index is 565. The number of rotatable bonds is 3. The van der Waals surface area contributed by atoms with Crippen LogP contribution in [0, 0.1) is 0 Å².